The molecular formula is C21H24N6O3. The van der Waals surface area contributed by atoms with Crippen LogP contribution in [-0.2, 0) is 0 Å². The molecule has 0 atom stereocenters. The highest BCUT2D eigenvalue weighted by Crippen LogP contribution is 2.24. The van der Waals surface area contributed by atoms with Gasteiger partial charge in [0, 0.05) is 50.1 Å². The molecule has 1 aromatic carbocycles. The van der Waals surface area contributed by atoms with E-state index in [0.717, 1.165) is 17.3 Å². The molecular weight excluding hydrogens is 384 g/mol. The van der Waals surface area contributed by atoms with Gasteiger partial charge in [-0.05, 0) is 25.1 Å². The summed E-state index contributed by atoms with van der Waals surface area (Å²) in [7, 11) is 3.14. The van der Waals surface area contributed by atoms with Crippen molar-refractivity contribution in [1.29, 1.82) is 0 Å². The molecule has 1 aliphatic heterocycles. The number of nitrogens with zero attached hydrogens (tertiary/aromatic N) is 6. The van der Waals surface area contributed by atoms with Crippen molar-refractivity contribution in [3.8, 4) is 17.3 Å². The molecule has 30 heavy (non-hydrogen) atoms. The third-order valence-corrected chi connectivity index (χ3v) is 5.08. The quantitative estimate of drug-likeness (QED) is 0.638. The lowest BCUT2D eigenvalue weighted by atomic mass is 10.1. The Hall–Kier alpha value is -3.62. The van der Waals surface area contributed by atoms with Crippen LogP contribution in [0, 0.1) is 6.92 Å². The molecule has 1 saturated heterocycles. The summed E-state index contributed by atoms with van der Waals surface area (Å²) >= 11 is 0. The topological polar surface area (TPSA) is 85.6 Å². The van der Waals surface area contributed by atoms with Crippen molar-refractivity contribution in [3.05, 3.63) is 54.1 Å². The van der Waals surface area contributed by atoms with Crippen LogP contribution in [0.2, 0.25) is 0 Å². The average Bonchev–Trinajstić information content (AvgIpc) is 3.24. The van der Waals surface area contributed by atoms with Crippen molar-refractivity contribution in [1.82, 2.24) is 24.6 Å². The van der Waals surface area contributed by atoms with Gasteiger partial charge in [0.2, 0.25) is 0 Å². The molecule has 9 nitrogen and oxygen atoms in total. The number of hydrogen-bond acceptors (Lipinski definition) is 7. The number of anilines is 1. The smallest absolute Gasteiger partial charge is 0.254 e. The number of carbonyl (C=O) groups excluding carboxylic acids is 1. The van der Waals surface area contributed by atoms with Crippen molar-refractivity contribution in [2.45, 2.75) is 6.92 Å². The van der Waals surface area contributed by atoms with Crippen molar-refractivity contribution < 1.29 is 14.3 Å². The summed E-state index contributed by atoms with van der Waals surface area (Å²) in [5.74, 6) is 2.69. The van der Waals surface area contributed by atoms with Crippen LogP contribution in [-0.4, -0.2) is 71.0 Å². The minimum absolute atomic E-state index is 0.0396. The summed E-state index contributed by atoms with van der Waals surface area (Å²) in [5, 5.41) is 4.40. The Bertz CT molecular complexity index is 1020. The Morgan fingerprint density at radius 1 is 0.933 bits per heavy atom. The SMILES string of the molecule is COc1cc(OC)cc(C(=O)N2CCN(c3cc(-n4ccc(C)n4)ncn3)CC2)c1. The van der Waals surface area contributed by atoms with Gasteiger partial charge >= 0.3 is 0 Å². The predicted octanol–water partition coefficient (Wildman–Crippen LogP) is 1.95. The Labute approximate surface area is 174 Å². The molecule has 3 heterocycles. The average molecular weight is 408 g/mol. The Morgan fingerprint density at radius 2 is 1.60 bits per heavy atom. The van der Waals surface area contributed by atoms with E-state index in [9.17, 15) is 4.79 Å². The zero-order valence-electron chi connectivity index (χ0n) is 17.3. The normalized spacial score (nSPS) is 14.0. The summed E-state index contributed by atoms with van der Waals surface area (Å²) in [5.41, 5.74) is 1.48. The fraction of sp³-hybridized carbons (Fsp3) is 0.333. The molecule has 156 valence electrons. The Balaban J connectivity index is 1.45. The standard InChI is InChI=1S/C21H24N6O3/c1-15-4-5-27(24-15)20-13-19(22-14-23-20)25-6-8-26(9-7-25)21(28)16-10-17(29-2)12-18(11-16)30-3/h4-5,10-14H,6-9H2,1-3H3. The van der Waals surface area contributed by atoms with E-state index in [2.05, 4.69) is 20.0 Å². The zero-order chi connectivity index (χ0) is 21.1. The van der Waals surface area contributed by atoms with E-state index in [4.69, 9.17) is 9.47 Å². The van der Waals surface area contributed by atoms with Gasteiger partial charge in [-0.1, -0.05) is 0 Å². The third-order valence-electron chi connectivity index (χ3n) is 5.08. The second-order valence-corrected chi connectivity index (χ2v) is 7.02. The van der Waals surface area contributed by atoms with E-state index >= 15 is 0 Å². The minimum Gasteiger partial charge on any atom is -0.497 e. The molecule has 0 N–H and O–H groups in total. The number of hydrogen-bond donors (Lipinski definition) is 0. The molecule has 1 fully saturated rings. The van der Waals surface area contributed by atoms with Gasteiger partial charge in [0.15, 0.2) is 5.82 Å². The van der Waals surface area contributed by atoms with Crippen molar-refractivity contribution in [3.63, 3.8) is 0 Å². The summed E-state index contributed by atoms with van der Waals surface area (Å²) in [6, 6.07) is 9.07. The van der Waals surface area contributed by atoms with E-state index in [-0.39, 0.29) is 5.91 Å². The number of aromatic nitrogens is 4. The Morgan fingerprint density at radius 3 is 2.20 bits per heavy atom. The molecule has 1 amide bonds. The first-order chi connectivity index (χ1) is 14.6. The van der Waals surface area contributed by atoms with Crippen LogP contribution in [0.1, 0.15) is 16.1 Å². The fourth-order valence-electron chi connectivity index (χ4n) is 3.43. The third kappa shape index (κ3) is 4.05. The minimum atomic E-state index is -0.0396. The van der Waals surface area contributed by atoms with Gasteiger partial charge in [0.1, 0.15) is 23.6 Å². The van der Waals surface area contributed by atoms with Gasteiger partial charge in [-0.25, -0.2) is 14.6 Å². The lowest BCUT2D eigenvalue weighted by Gasteiger charge is -2.35. The lowest BCUT2D eigenvalue weighted by Crippen LogP contribution is -2.49. The number of aryl methyl sites for hydroxylation is 1. The van der Waals surface area contributed by atoms with E-state index in [0.29, 0.717) is 43.2 Å². The monoisotopic (exact) mass is 408 g/mol. The number of ether oxygens (including phenoxy) is 2. The predicted molar refractivity (Wildman–Crippen MR) is 112 cm³/mol. The molecule has 0 unspecified atom stereocenters. The van der Waals surface area contributed by atoms with Gasteiger partial charge in [-0.3, -0.25) is 4.79 Å². The number of methoxy groups -OCH3 is 2. The number of benzene rings is 1. The summed E-state index contributed by atoms with van der Waals surface area (Å²) < 4.78 is 12.3. The van der Waals surface area contributed by atoms with Crippen LogP contribution in [0.5, 0.6) is 11.5 Å². The first kappa shape index (κ1) is 19.7. The maximum atomic E-state index is 13.0. The van der Waals surface area contributed by atoms with Crippen LogP contribution in [0.15, 0.2) is 42.9 Å². The molecule has 9 heteroatoms. The second kappa shape index (κ2) is 8.40. The molecule has 0 radical (unpaired) electrons. The van der Waals surface area contributed by atoms with Crippen molar-refractivity contribution in [2.75, 3.05) is 45.3 Å². The van der Waals surface area contributed by atoms with Crippen LogP contribution < -0.4 is 14.4 Å². The number of carbonyl (C=O) groups is 1. The van der Waals surface area contributed by atoms with Crippen LogP contribution in [0.3, 0.4) is 0 Å². The van der Waals surface area contributed by atoms with Crippen LogP contribution in [0.4, 0.5) is 5.82 Å². The number of amides is 1. The Kier molecular flexibility index (Phi) is 5.51. The number of piperazine rings is 1. The van der Waals surface area contributed by atoms with E-state index in [1.165, 1.54) is 0 Å². The van der Waals surface area contributed by atoms with Crippen LogP contribution in [0.25, 0.3) is 5.82 Å². The first-order valence-corrected chi connectivity index (χ1v) is 9.69. The molecule has 0 bridgehead atoms. The molecule has 0 saturated carbocycles. The highest BCUT2D eigenvalue weighted by Gasteiger charge is 2.24. The maximum absolute atomic E-state index is 13.0. The molecule has 0 spiro atoms. The van der Waals surface area contributed by atoms with E-state index < -0.39 is 0 Å². The number of rotatable bonds is 5. The zero-order valence-corrected chi connectivity index (χ0v) is 17.3. The molecule has 3 aromatic rings. The molecule has 4 rings (SSSR count). The largest absolute Gasteiger partial charge is 0.497 e. The highest BCUT2D eigenvalue weighted by molar-refractivity contribution is 5.95. The summed E-state index contributed by atoms with van der Waals surface area (Å²) in [6.07, 6.45) is 3.42. The van der Waals surface area contributed by atoms with E-state index in [1.807, 2.05) is 30.2 Å². The van der Waals surface area contributed by atoms with Crippen molar-refractivity contribution in [2.24, 2.45) is 0 Å². The maximum Gasteiger partial charge on any atom is 0.254 e. The first-order valence-electron chi connectivity index (χ1n) is 9.69. The lowest BCUT2D eigenvalue weighted by molar-refractivity contribution is 0.0745. The second-order valence-electron chi connectivity index (χ2n) is 7.02. The van der Waals surface area contributed by atoms with Crippen molar-refractivity contribution >= 4 is 11.7 Å². The van der Waals surface area contributed by atoms with Gasteiger partial charge < -0.3 is 19.3 Å². The fourth-order valence-corrected chi connectivity index (χ4v) is 3.43. The van der Waals surface area contributed by atoms with Gasteiger partial charge in [0.05, 0.1) is 19.9 Å². The van der Waals surface area contributed by atoms with Crippen LogP contribution >= 0.6 is 0 Å². The molecule has 0 aliphatic carbocycles. The summed E-state index contributed by atoms with van der Waals surface area (Å²) in [4.78, 5) is 25.7. The van der Waals surface area contributed by atoms with E-state index in [1.54, 1.807) is 43.4 Å². The van der Waals surface area contributed by atoms with Gasteiger partial charge in [0.25, 0.3) is 5.91 Å². The highest BCUT2D eigenvalue weighted by atomic mass is 16.5. The molecule has 2 aromatic heterocycles. The van der Waals surface area contributed by atoms with Gasteiger partial charge in [-0.2, -0.15) is 5.10 Å². The summed E-state index contributed by atoms with van der Waals surface area (Å²) in [6.45, 7) is 4.49. The molecule has 1 aliphatic rings. The van der Waals surface area contributed by atoms with Gasteiger partial charge in [-0.15, -0.1) is 0 Å².